The Morgan fingerprint density at radius 2 is 0.400 bits per heavy atom. The number of rotatable bonds is 50. The van der Waals surface area contributed by atoms with E-state index in [-0.39, 0.29) is 42.4 Å². The zero-order chi connectivity index (χ0) is 83.7. The van der Waals surface area contributed by atoms with Crippen LogP contribution in [0.5, 0.6) is 0 Å². The van der Waals surface area contributed by atoms with Crippen molar-refractivity contribution in [1.82, 2.24) is 0 Å². The molecule has 120 heavy (non-hydrogen) atoms. The third-order valence-corrected chi connectivity index (χ3v) is 26.4. The summed E-state index contributed by atoms with van der Waals surface area (Å²) in [6.45, 7) is 9.11. The van der Waals surface area contributed by atoms with Gasteiger partial charge in [-0.05, 0) is 276 Å². The van der Waals surface area contributed by atoms with Gasteiger partial charge in [-0.2, -0.15) is 0 Å². The second-order valence-corrected chi connectivity index (χ2v) is 34.9. The first-order valence-electron chi connectivity index (χ1n) is 46.4. The van der Waals surface area contributed by atoms with Crippen LogP contribution in [0.4, 0.5) is 22.7 Å². The van der Waals surface area contributed by atoms with Crippen LogP contribution in [0, 0.1) is 40.5 Å². The Morgan fingerprint density at radius 3 is 0.633 bits per heavy atom. The summed E-state index contributed by atoms with van der Waals surface area (Å²) < 4.78 is 0. The second-order valence-electron chi connectivity index (χ2n) is 34.9. The highest BCUT2D eigenvalue weighted by molar-refractivity contribution is 6.31. The number of hydrogen-bond donors (Lipinski definition) is 0. The Kier molecular flexibility index (Phi) is 31.8. The van der Waals surface area contributed by atoms with Gasteiger partial charge in [-0.15, -0.1) is 0 Å². The maximum absolute atomic E-state index is 12.5. The Bertz CT molecular complexity index is 5270. The van der Waals surface area contributed by atoms with Gasteiger partial charge in [0.05, 0.1) is 19.7 Å². The quantitative estimate of drug-likeness (QED) is 0.0119. The van der Waals surface area contributed by atoms with E-state index in [0.717, 1.165) is 156 Å². The molecule has 0 saturated carbocycles. The fourth-order valence-electron chi connectivity index (χ4n) is 19.5. The van der Waals surface area contributed by atoms with Gasteiger partial charge in [-0.3, -0.25) is 40.5 Å². The molecule has 626 valence electrons. The highest BCUT2D eigenvalue weighted by atomic mass is 16.6. The van der Waals surface area contributed by atoms with Crippen molar-refractivity contribution in [1.29, 1.82) is 0 Å². The monoisotopic (exact) mass is 1610 g/mol. The van der Waals surface area contributed by atoms with Gasteiger partial charge < -0.3 is 0 Å². The summed E-state index contributed by atoms with van der Waals surface area (Å²) in [5.41, 5.74) is 9.62. The molecule has 0 N–H and O–H groups in total. The molecule has 0 aromatic heterocycles. The lowest BCUT2D eigenvalue weighted by Crippen LogP contribution is -2.00. The molecule has 12 heteroatoms. The van der Waals surface area contributed by atoms with Crippen molar-refractivity contribution < 1.29 is 19.7 Å². The van der Waals surface area contributed by atoms with E-state index in [1.54, 1.807) is 48.5 Å². The van der Waals surface area contributed by atoms with Gasteiger partial charge in [0.2, 0.25) is 0 Å². The molecule has 0 atom stereocenters. The van der Waals surface area contributed by atoms with Crippen molar-refractivity contribution in [3.8, 4) is 44.5 Å². The number of non-ortho nitro benzene ring substituents is 4. The van der Waals surface area contributed by atoms with Gasteiger partial charge in [0.1, 0.15) is 0 Å². The maximum atomic E-state index is 12.5. The topological polar surface area (TPSA) is 173 Å². The summed E-state index contributed by atoms with van der Waals surface area (Å²) >= 11 is 0. The highest BCUT2D eigenvalue weighted by Crippen LogP contribution is 2.50. The molecule has 0 aliphatic rings. The standard InChI is InChI=1S/C108H126N4O8/c1-5-9-13-17-21-25-29-33-37-41-77(42-38-34-30-26-22-18-14-10-6-2)83-53-63-91-85(67-83)69-95(79-45-55-87(56-46-79)109(113)114)105-75-103-93-65-66-94-102(101(93)71-97(107(103)73-99(91)105)81-49-59-89(60-50-81)111(117)118)72-98(82-51-61-90(62-52-82)112(119)120)108-74-100-92-64-54-84(68-86(92)70-96(106(100)76-104(94)108)80-47-57-88(58-48-80)110(115)116)78(43-39-35-31-27-23-19-15-11-7-3)44-40-36-32-28-24-20-16-12-8-4/h45-78H,5-44H2,1-4H3. The first-order valence-corrected chi connectivity index (χ1v) is 46.4. The van der Waals surface area contributed by atoms with Crippen molar-refractivity contribution in [2.24, 2.45) is 0 Å². The number of nitro groups is 4. The molecule has 0 radical (unpaired) electrons. The van der Waals surface area contributed by atoms with Crippen LogP contribution in [0.2, 0.25) is 0 Å². The van der Waals surface area contributed by atoms with Gasteiger partial charge in [-0.25, -0.2) is 0 Å². The Morgan fingerprint density at radius 1 is 0.200 bits per heavy atom. The van der Waals surface area contributed by atoms with Gasteiger partial charge >= 0.3 is 0 Å². The number of fused-ring (bicyclic) bond motifs is 13. The minimum atomic E-state index is -0.363. The predicted molar refractivity (Wildman–Crippen MR) is 508 cm³/mol. The lowest BCUT2D eigenvalue weighted by atomic mass is 9.83. The van der Waals surface area contributed by atoms with E-state index in [0.29, 0.717) is 11.8 Å². The number of hydrogen-bond acceptors (Lipinski definition) is 8. The molecule has 0 bridgehead atoms. The number of unbranched alkanes of at least 4 members (excludes halogenated alkanes) is 32. The number of nitro benzene ring substituents is 4. The van der Waals surface area contributed by atoms with E-state index in [2.05, 4.69) is 125 Å². The minimum Gasteiger partial charge on any atom is -0.258 e. The Hall–Kier alpha value is -10.5. The molecule has 13 aromatic rings. The SMILES string of the molecule is CCCCCCCCCCCC(CCCCCCCCCCC)c1ccc2c(c1)cc(-c1ccc([N+](=O)[O-])cc1)c1cc3c(cc12)c(-c1ccc([N+](=O)[O-])cc1)cc1c3ccc2c3cc4c(-c5ccc([N+](=O)[O-])cc5)cc5cc(C(CCCCCCCCCCC)CCCCCCCCCCC)ccc5c4cc3c(-c3ccc([N+](=O)[O-])cc3)cc21. The van der Waals surface area contributed by atoms with Gasteiger partial charge in [0, 0.05) is 48.5 Å². The summed E-state index contributed by atoms with van der Waals surface area (Å²) in [6.07, 6.45) is 50.7. The lowest BCUT2D eigenvalue weighted by molar-refractivity contribution is -0.385. The van der Waals surface area contributed by atoms with Gasteiger partial charge in [-0.1, -0.05) is 307 Å². The minimum absolute atomic E-state index is 0.0129. The predicted octanol–water partition coefficient (Wildman–Crippen LogP) is 35.1. The van der Waals surface area contributed by atoms with Crippen molar-refractivity contribution in [2.45, 2.75) is 296 Å². The van der Waals surface area contributed by atoms with Crippen molar-refractivity contribution in [3.05, 3.63) is 246 Å². The average molecular weight is 1610 g/mol. The van der Waals surface area contributed by atoms with Crippen LogP contribution < -0.4 is 0 Å². The number of nitrogens with zero attached hydrogens (tertiary/aromatic N) is 4. The molecule has 13 rings (SSSR count). The van der Waals surface area contributed by atoms with Gasteiger partial charge in [0.15, 0.2) is 0 Å². The molecule has 0 spiro atoms. The fourth-order valence-corrected chi connectivity index (χ4v) is 19.5. The summed E-state index contributed by atoms with van der Waals surface area (Å²) in [4.78, 5) is 48.3. The normalized spacial score (nSPS) is 11.9. The molecule has 13 aromatic carbocycles. The Balaban J connectivity index is 0.989. The molecule has 0 unspecified atom stereocenters. The van der Waals surface area contributed by atoms with Crippen molar-refractivity contribution >= 4 is 109 Å². The second kappa shape index (κ2) is 43.7. The first-order chi connectivity index (χ1) is 58.7. The molecule has 0 amide bonds. The smallest absolute Gasteiger partial charge is 0.258 e. The largest absolute Gasteiger partial charge is 0.269 e. The van der Waals surface area contributed by atoms with Crippen LogP contribution in [0.1, 0.15) is 307 Å². The molecule has 0 aliphatic carbocycles. The van der Waals surface area contributed by atoms with Crippen molar-refractivity contribution in [2.75, 3.05) is 0 Å². The Labute approximate surface area is 711 Å². The molecular formula is C108H126N4O8. The van der Waals surface area contributed by atoms with Crippen LogP contribution in [0.3, 0.4) is 0 Å². The van der Waals surface area contributed by atoms with Crippen LogP contribution in [-0.4, -0.2) is 19.7 Å². The fraction of sp³-hybridized carbons (Fsp3) is 0.426. The van der Waals surface area contributed by atoms with Crippen LogP contribution in [-0.2, 0) is 0 Å². The summed E-state index contributed by atoms with van der Waals surface area (Å²) in [6, 6.07) is 64.6. The first kappa shape index (κ1) is 87.4. The molecular weight excluding hydrogens is 1480 g/mol. The lowest BCUT2D eigenvalue weighted by Gasteiger charge is -2.21. The van der Waals surface area contributed by atoms with Crippen LogP contribution in [0.25, 0.3) is 131 Å². The van der Waals surface area contributed by atoms with E-state index in [1.165, 1.54) is 242 Å². The highest BCUT2D eigenvalue weighted by Gasteiger charge is 2.24. The maximum Gasteiger partial charge on any atom is 0.269 e. The molecule has 0 fully saturated rings. The summed E-state index contributed by atoms with van der Waals surface area (Å²) in [7, 11) is 0. The third kappa shape index (κ3) is 21.8. The summed E-state index contributed by atoms with van der Waals surface area (Å²) in [5, 5.41) is 65.6. The van der Waals surface area contributed by atoms with E-state index < -0.39 is 0 Å². The van der Waals surface area contributed by atoms with Crippen LogP contribution in [0.15, 0.2) is 194 Å². The van der Waals surface area contributed by atoms with E-state index in [9.17, 15) is 40.5 Å². The zero-order valence-corrected chi connectivity index (χ0v) is 72.0. The van der Waals surface area contributed by atoms with Crippen LogP contribution >= 0.6 is 0 Å². The molecule has 0 aliphatic heterocycles. The van der Waals surface area contributed by atoms with E-state index in [1.807, 2.05) is 48.5 Å². The molecule has 12 nitrogen and oxygen atoms in total. The summed E-state index contributed by atoms with van der Waals surface area (Å²) in [5.74, 6) is 0.791. The molecule has 0 heterocycles. The van der Waals surface area contributed by atoms with E-state index >= 15 is 0 Å². The number of benzene rings is 13. The zero-order valence-electron chi connectivity index (χ0n) is 72.0. The van der Waals surface area contributed by atoms with Crippen molar-refractivity contribution in [3.63, 3.8) is 0 Å². The molecule has 0 saturated heterocycles. The third-order valence-electron chi connectivity index (χ3n) is 26.4. The average Bonchev–Trinajstić information content (AvgIpc) is 0.723. The van der Waals surface area contributed by atoms with Gasteiger partial charge in [0.25, 0.3) is 22.7 Å². The van der Waals surface area contributed by atoms with E-state index in [4.69, 9.17) is 0 Å².